The molecule has 1 aliphatic rings. The quantitative estimate of drug-likeness (QED) is 0.676. The fourth-order valence-electron chi connectivity index (χ4n) is 1.74. The van der Waals surface area contributed by atoms with Crippen molar-refractivity contribution >= 4 is 6.09 Å². The fourth-order valence-corrected chi connectivity index (χ4v) is 1.74. The molecule has 0 bridgehead atoms. The minimum absolute atomic E-state index is 0.114. The van der Waals surface area contributed by atoms with E-state index >= 15 is 0 Å². The number of unbranched alkanes of at least 4 members (excludes halogenated alkanes) is 1. The molecule has 1 aliphatic heterocycles. The monoisotopic (exact) mass is 215 g/mol. The smallest absolute Gasteiger partial charge is 0.410 e. The molecule has 2 unspecified atom stereocenters. The topological polar surface area (TPSA) is 38.8 Å². The third-order valence-electron chi connectivity index (χ3n) is 2.60. The third kappa shape index (κ3) is 3.38. The number of ether oxygens (including phenoxy) is 2. The number of carbonyl (C=O) groups excluding carboxylic acids is 1. The van der Waals surface area contributed by atoms with Gasteiger partial charge in [0.2, 0.25) is 0 Å². The molecule has 0 aliphatic carbocycles. The van der Waals surface area contributed by atoms with Gasteiger partial charge in [0.25, 0.3) is 0 Å². The van der Waals surface area contributed by atoms with Gasteiger partial charge in [0.1, 0.15) is 0 Å². The van der Waals surface area contributed by atoms with Gasteiger partial charge < -0.3 is 9.47 Å². The number of nitrogens with zero attached hydrogens (tertiary/aromatic N) is 1. The zero-order chi connectivity index (χ0) is 11.3. The maximum atomic E-state index is 11.7. The van der Waals surface area contributed by atoms with Gasteiger partial charge in [0.05, 0.1) is 31.9 Å². The second-order valence-corrected chi connectivity index (χ2v) is 4.11. The highest BCUT2D eigenvalue weighted by Crippen LogP contribution is 2.14. The van der Waals surface area contributed by atoms with Crippen LogP contribution < -0.4 is 0 Å². The van der Waals surface area contributed by atoms with Gasteiger partial charge in [-0.15, -0.1) is 0 Å². The molecule has 0 aromatic rings. The van der Waals surface area contributed by atoms with Gasteiger partial charge in [0.15, 0.2) is 0 Å². The van der Waals surface area contributed by atoms with Crippen LogP contribution in [0.5, 0.6) is 0 Å². The zero-order valence-corrected chi connectivity index (χ0v) is 9.86. The Kier molecular flexibility index (Phi) is 4.88. The fraction of sp³-hybridized carbons (Fsp3) is 0.909. The van der Waals surface area contributed by atoms with Crippen LogP contribution in [0, 0.1) is 0 Å². The molecule has 0 N–H and O–H groups in total. The predicted octanol–water partition coefficient (Wildman–Crippen LogP) is 2.03. The average Bonchev–Trinajstić information content (AvgIpc) is 2.18. The van der Waals surface area contributed by atoms with E-state index in [4.69, 9.17) is 9.47 Å². The maximum Gasteiger partial charge on any atom is 0.410 e. The minimum atomic E-state index is -0.202. The Morgan fingerprint density at radius 3 is 2.53 bits per heavy atom. The normalized spacial score (nSPS) is 26.5. The molecule has 1 heterocycles. The lowest BCUT2D eigenvalue weighted by atomic mass is 10.2. The van der Waals surface area contributed by atoms with Crippen LogP contribution in [0.2, 0.25) is 0 Å². The Bertz CT molecular complexity index is 198. The van der Waals surface area contributed by atoms with E-state index in [1.165, 1.54) is 0 Å². The molecule has 0 aromatic heterocycles. The Balaban J connectivity index is 2.41. The van der Waals surface area contributed by atoms with Crippen molar-refractivity contribution in [3.63, 3.8) is 0 Å². The van der Waals surface area contributed by atoms with E-state index in [-0.39, 0.29) is 18.2 Å². The lowest BCUT2D eigenvalue weighted by molar-refractivity contribution is -0.0334. The summed E-state index contributed by atoms with van der Waals surface area (Å²) in [5, 5.41) is 0. The molecule has 0 spiro atoms. The van der Waals surface area contributed by atoms with Gasteiger partial charge in [-0.1, -0.05) is 13.3 Å². The SMILES string of the molecule is CCCCOC(=O)N1C(C)COCC1C. The molecule has 15 heavy (non-hydrogen) atoms. The van der Waals surface area contributed by atoms with Crippen LogP contribution in [-0.2, 0) is 9.47 Å². The summed E-state index contributed by atoms with van der Waals surface area (Å²) in [5.74, 6) is 0. The molecule has 2 atom stereocenters. The van der Waals surface area contributed by atoms with Gasteiger partial charge in [-0.05, 0) is 20.3 Å². The van der Waals surface area contributed by atoms with Crippen molar-refractivity contribution in [2.45, 2.75) is 45.7 Å². The lowest BCUT2D eigenvalue weighted by Crippen LogP contribution is -2.52. The molecule has 4 heteroatoms. The van der Waals surface area contributed by atoms with Crippen molar-refractivity contribution in [3.8, 4) is 0 Å². The van der Waals surface area contributed by atoms with Crippen LogP contribution in [0.25, 0.3) is 0 Å². The third-order valence-corrected chi connectivity index (χ3v) is 2.60. The first-order chi connectivity index (χ1) is 7.16. The van der Waals surface area contributed by atoms with E-state index in [0.717, 1.165) is 12.8 Å². The van der Waals surface area contributed by atoms with Crippen molar-refractivity contribution in [2.24, 2.45) is 0 Å². The predicted molar refractivity (Wildman–Crippen MR) is 57.8 cm³/mol. The van der Waals surface area contributed by atoms with E-state index in [0.29, 0.717) is 19.8 Å². The highest BCUT2D eigenvalue weighted by Gasteiger charge is 2.30. The summed E-state index contributed by atoms with van der Waals surface area (Å²) in [6.45, 7) is 7.77. The molecule has 4 nitrogen and oxygen atoms in total. The molecule has 0 saturated carbocycles. The van der Waals surface area contributed by atoms with Crippen molar-refractivity contribution in [1.29, 1.82) is 0 Å². The van der Waals surface area contributed by atoms with E-state index in [2.05, 4.69) is 6.92 Å². The largest absolute Gasteiger partial charge is 0.449 e. The van der Waals surface area contributed by atoms with Gasteiger partial charge in [-0.25, -0.2) is 4.79 Å². The summed E-state index contributed by atoms with van der Waals surface area (Å²) in [6.07, 6.45) is 1.77. The van der Waals surface area contributed by atoms with Crippen molar-refractivity contribution in [2.75, 3.05) is 19.8 Å². The van der Waals surface area contributed by atoms with Crippen LogP contribution in [-0.4, -0.2) is 42.9 Å². The molecule has 0 aromatic carbocycles. The molecule has 1 fully saturated rings. The molecule has 88 valence electrons. The number of carbonyl (C=O) groups is 1. The van der Waals surface area contributed by atoms with E-state index in [1.54, 1.807) is 4.90 Å². The second-order valence-electron chi connectivity index (χ2n) is 4.11. The van der Waals surface area contributed by atoms with Gasteiger partial charge in [0, 0.05) is 0 Å². The summed E-state index contributed by atoms with van der Waals surface area (Å²) in [5.41, 5.74) is 0. The van der Waals surface area contributed by atoms with Crippen LogP contribution in [0.4, 0.5) is 4.79 Å². The Morgan fingerprint density at radius 2 is 2.00 bits per heavy atom. The van der Waals surface area contributed by atoms with Crippen molar-refractivity contribution < 1.29 is 14.3 Å². The number of hydrogen-bond donors (Lipinski definition) is 0. The zero-order valence-electron chi connectivity index (χ0n) is 9.86. The van der Waals surface area contributed by atoms with Gasteiger partial charge >= 0.3 is 6.09 Å². The number of amides is 1. The summed E-state index contributed by atoms with van der Waals surface area (Å²) >= 11 is 0. The summed E-state index contributed by atoms with van der Waals surface area (Å²) < 4.78 is 10.5. The Morgan fingerprint density at radius 1 is 1.40 bits per heavy atom. The summed E-state index contributed by atoms with van der Waals surface area (Å²) in [7, 11) is 0. The first-order valence-corrected chi connectivity index (χ1v) is 5.69. The second kappa shape index (κ2) is 5.95. The van der Waals surface area contributed by atoms with E-state index in [9.17, 15) is 4.79 Å². The molecule has 1 rings (SSSR count). The number of hydrogen-bond acceptors (Lipinski definition) is 3. The van der Waals surface area contributed by atoms with Crippen LogP contribution in [0.15, 0.2) is 0 Å². The van der Waals surface area contributed by atoms with E-state index in [1.807, 2.05) is 13.8 Å². The van der Waals surface area contributed by atoms with Crippen LogP contribution in [0.1, 0.15) is 33.6 Å². The van der Waals surface area contributed by atoms with E-state index < -0.39 is 0 Å². The molecular formula is C11H21NO3. The first kappa shape index (κ1) is 12.3. The van der Waals surface area contributed by atoms with Crippen molar-refractivity contribution in [3.05, 3.63) is 0 Å². The summed E-state index contributed by atoms with van der Waals surface area (Å²) in [4.78, 5) is 13.5. The Labute approximate surface area is 91.5 Å². The molecule has 0 radical (unpaired) electrons. The number of morpholine rings is 1. The van der Waals surface area contributed by atoms with Crippen LogP contribution >= 0.6 is 0 Å². The lowest BCUT2D eigenvalue weighted by Gasteiger charge is -2.37. The van der Waals surface area contributed by atoms with Crippen LogP contribution in [0.3, 0.4) is 0 Å². The van der Waals surface area contributed by atoms with Crippen molar-refractivity contribution in [1.82, 2.24) is 4.90 Å². The summed E-state index contributed by atoms with van der Waals surface area (Å²) in [6, 6.07) is 0.228. The molecule has 1 amide bonds. The number of rotatable bonds is 3. The Hall–Kier alpha value is -0.770. The first-order valence-electron chi connectivity index (χ1n) is 5.69. The van der Waals surface area contributed by atoms with Gasteiger partial charge in [-0.2, -0.15) is 0 Å². The minimum Gasteiger partial charge on any atom is -0.449 e. The van der Waals surface area contributed by atoms with Gasteiger partial charge in [-0.3, -0.25) is 4.90 Å². The highest BCUT2D eigenvalue weighted by atomic mass is 16.6. The average molecular weight is 215 g/mol. The molecular weight excluding hydrogens is 194 g/mol. The highest BCUT2D eigenvalue weighted by molar-refractivity contribution is 5.68. The maximum absolute atomic E-state index is 11.7. The standard InChI is InChI=1S/C11H21NO3/c1-4-5-6-15-11(13)12-9(2)7-14-8-10(12)3/h9-10H,4-8H2,1-3H3. The molecule has 1 saturated heterocycles.